The lowest BCUT2D eigenvalue weighted by Crippen LogP contribution is -1.96. The summed E-state index contributed by atoms with van der Waals surface area (Å²) < 4.78 is 15.7. The molecule has 0 fully saturated rings. The standard InChI is InChI=1S/C28H19N3O/c1-2-11-25-23(10-1)24-15-14-21(19-26(24)31(25)27-12-3-5-16-29-27)20-8-7-9-22(18-20)32-28-13-4-6-17-30-28/h1-19H/i6D. The van der Waals surface area contributed by atoms with Crippen LogP contribution in [0.1, 0.15) is 1.37 Å². The number of ether oxygens (including phenoxy) is 1. The molecule has 0 spiro atoms. The molecule has 32 heavy (non-hydrogen) atoms. The Morgan fingerprint density at radius 2 is 1.53 bits per heavy atom. The van der Waals surface area contributed by atoms with Crippen LogP contribution in [0.2, 0.25) is 0 Å². The topological polar surface area (TPSA) is 39.9 Å². The minimum atomic E-state index is 0.354. The second kappa shape index (κ2) is 7.67. The average Bonchev–Trinajstić information content (AvgIpc) is 3.20. The van der Waals surface area contributed by atoms with Crippen molar-refractivity contribution < 1.29 is 6.11 Å². The minimum Gasteiger partial charge on any atom is -0.439 e. The summed E-state index contributed by atoms with van der Waals surface area (Å²) in [5.74, 6) is 2.05. The molecule has 4 nitrogen and oxygen atoms in total. The molecule has 0 saturated carbocycles. The quantitative estimate of drug-likeness (QED) is 0.311. The van der Waals surface area contributed by atoms with Crippen molar-refractivity contribution in [1.29, 1.82) is 0 Å². The first-order valence-corrected chi connectivity index (χ1v) is 10.4. The minimum absolute atomic E-state index is 0.354. The van der Waals surface area contributed by atoms with Gasteiger partial charge in [-0.1, -0.05) is 54.6 Å². The van der Waals surface area contributed by atoms with E-state index < -0.39 is 0 Å². The highest BCUT2D eigenvalue weighted by Crippen LogP contribution is 2.35. The van der Waals surface area contributed by atoms with Gasteiger partial charge in [0.2, 0.25) is 5.88 Å². The third kappa shape index (κ3) is 3.19. The Bertz CT molecular complexity index is 1590. The summed E-state index contributed by atoms with van der Waals surface area (Å²) in [5.41, 5.74) is 4.36. The summed E-state index contributed by atoms with van der Waals surface area (Å²) in [6.07, 6.45) is 3.30. The molecule has 0 aliphatic carbocycles. The Hall–Kier alpha value is -4.44. The van der Waals surface area contributed by atoms with Crippen molar-refractivity contribution >= 4 is 21.8 Å². The zero-order chi connectivity index (χ0) is 22.2. The van der Waals surface area contributed by atoms with E-state index in [1.807, 2.05) is 42.6 Å². The van der Waals surface area contributed by atoms with Crippen molar-refractivity contribution in [2.45, 2.75) is 0 Å². The third-order valence-corrected chi connectivity index (χ3v) is 5.53. The van der Waals surface area contributed by atoms with Gasteiger partial charge in [0.05, 0.1) is 12.4 Å². The van der Waals surface area contributed by atoms with Crippen LogP contribution < -0.4 is 4.74 Å². The molecular formula is C28H19N3O. The molecule has 0 bridgehead atoms. The summed E-state index contributed by atoms with van der Waals surface area (Å²) in [4.78, 5) is 8.78. The molecule has 0 N–H and O–H groups in total. The van der Waals surface area contributed by atoms with E-state index in [2.05, 4.69) is 63.1 Å². The van der Waals surface area contributed by atoms with E-state index in [9.17, 15) is 0 Å². The van der Waals surface area contributed by atoms with E-state index in [1.165, 1.54) is 17.0 Å². The first-order chi connectivity index (χ1) is 16.3. The van der Waals surface area contributed by atoms with Crippen LogP contribution >= 0.6 is 0 Å². The zero-order valence-corrected chi connectivity index (χ0v) is 17.1. The highest BCUT2D eigenvalue weighted by molar-refractivity contribution is 6.10. The highest BCUT2D eigenvalue weighted by atomic mass is 16.5. The van der Waals surface area contributed by atoms with Gasteiger partial charge < -0.3 is 4.74 Å². The summed E-state index contributed by atoms with van der Waals surface area (Å²) in [5, 5.41) is 2.39. The molecule has 0 saturated heterocycles. The number of pyridine rings is 2. The zero-order valence-electron chi connectivity index (χ0n) is 18.1. The highest BCUT2D eigenvalue weighted by Gasteiger charge is 2.13. The SMILES string of the molecule is [2H]c1ccc(Oc2cccc(-c3ccc4c5ccccc5n(-c5ccccn5)c4c3)c2)nc1. The summed E-state index contributed by atoms with van der Waals surface area (Å²) >= 11 is 0. The van der Waals surface area contributed by atoms with E-state index in [1.54, 1.807) is 12.1 Å². The van der Waals surface area contributed by atoms with Gasteiger partial charge in [0, 0.05) is 29.2 Å². The molecule has 0 radical (unpaired) electrons. The van der Waals surface area contributed by atoms with Crippen LogP contribution in [0.15, 0.2) is 115 Å². The van der Waals surface area contributed by atoms with Gasteiger partial charge in [-0.3, -0.25) is 4.57 Å². The van der Waals surface area contributed by atoms with Crippen LogP contribution in [0.25, 0.3) is 38.8 Å². The first-order valence-electron chi connectivity index (χ1n) is 10.9. The van der Waals surface area contributed by atoms with Gasteiger partial charge in [0.15, 0.2) is 0 Å². The predicted octanol–water partition coefficient (Wildman–Crippen LogP) is 7.03. The van der Waals surface area contributed by atoms with Gasteiger partial charge in [-0.2, -0.15) is 0 Å². The number of aromatic nitrogens is 3. The largest absolute Gasteiger partial charge is 0.439 e. The van der Waals surface area contributed by atoms with Crippen LogP contribution in [0.5, 0.6) is 11.6 Å². The van der Waals surface area contributed by atoms with Crippen molar-refractivity contribution in [3.05, 3.63) is 115 Å². The molecule has 0 aliphatic heterocycles. The van der Waals surface area contributed by atoms with Crippen molar-refractivity contribution in [2.24, 2.45) is 0 Å². The fraction of sp³-hybridized carbons (Fsp3) is 0. The molecule has 4 heteroatoms. The van der Waals surface area contributed by atoms with Crippen molar-refractivity contribution in [3.63, 3.8) is 0 Å². The Labute approximate surface area is 186 Å². The Morgan fingerprint density at radius 1 is 0.656 bits per heavy atom. The molecule has 6 rings (SSSR count). The maximum Gasteiger partial charge on any atom is 0.219 e. The van der Waals surface area contributed by atoms with Gasteiger partial charge in [-0.25, -0.2) is 9.97 Å². The number of benzene rings is 3. The number of fused-ring (bicyclic) bond motifs is 3. The fourth-order valence-electron chi connectivity index (χ4n) is 4.11. The smallest absolute Gasteiger partial charge is 0.219 e. The molecule has 0 atom stereocenters. The van der Waals surface area contributed by atoms with Gasteiger partial charge in [-0.05, 0) is 53.6 Å². The maximum atomic E-state index is 7.58. The van der Waals surface area contributed by atoms with Crippen molar-refractivity contribution in [2.75, 3.05) is 0 Å². The predicted molar refractivity (Wildman–Crippen MR) is 128 cm³/mol. The van der Waals surface area contributed by atoms with E-state index in [-0.39, 0.29) is 0 Å². The molecule has 152 valence electrons. The Morgan fingerprint density at radius 3 is 2.41 bits per heavy atom. The second-order valence-corrected chi connectivity index (χ2v) is 7.50. The van der Waals surface area contributed by atoms with Crippen LogP contribution in [0, 0.1) is 0 Å². The number of hydrogen-bond donors (Lipinski definition) is 0. The van der Waals surface area contributed by atoms with Crippen LogP contribution in [-0.2, 0) is 0 Å². The monoisotopic (exact) mass is 414 g/mol. The van der Waals surface area contributed by atoms with Crippen molar-refractivity contribution in [1.82, 2.24) is 14.5 Å². The molecule has 0 aliphatic rings. The van der Waals surface area contributed by atoms with Gasteiger partial charge in [-0.15, -0.1) is 0 Å². The van der Waals surface area contributed by atoms with E-state index in [0.717, 1.165) is 28.0 Å². The number of nitrogens with zero attached hydrogens (tertiary/aromatic N) is 3. The van der Waals surface area contributed by atoms with Crippen LogP contribution in [-0.4, -0.2) is 14.5 Å². The lowest BCUT2D eigenvalue weighted by Gasteiger charge is -2.09. The summed E-state index contributed by atoms with van der Waals surface area (Å²) in [6.45, 7) is 0. The van der Waals surface area contributed by atoms with Gasteiger partial charge >= 0.3 is 0 Å². The maximum absolute atomic E-state index is 7.58. The Kier molecular flexibility index (Phi) is 4.14. The molecule has 3 aromatic heterocycles. The van der Waals surface area contributed by atoms with Crippen LogP contribution in [0.3, 0.4) is 0 Å². The lowest BCUT2D eigenvalue weighted by atomic mass is 10.0. The van der Waals surface area contributed by atoms with Crippen molar-refractivity contribution in [3.8, 4) is 28.6 Å². The van der Waals surface area contributed by atoms with Gasteiger partial charge in [0.1, 0.15) is 11.6 Å². The summed E-state index contributed by atoms with van der Waals surface area (Å²) in [7, 11) is 0. The molecular weight excluding hydrogens is 394 g/mol. The average molecular weight is 414 g/mol. The van der Waals surface area contributed by atoms with Crippen LogP contribution in [0.4, 0.5) is 0 Å². The molecule has 3 aromatic carbocycles. The Balaban J connectivity index is 1.48. The fourth-order valence-corrected chi connectivity index (χ4v) is 4.11. The number of hydrogen-bond acceptors (Lipinski definition) is 3. The third-order valence-electron chi connectivity index (χ3n) is 5.53. The summed E-state index contributed by atoms with van der Waals surface area (Å²) in [6, 6.07) is 32.6. The van der Waals surface area contributed by atoms with E-state index >= 15 is 0 Å². The molecule has 0 amide bonds. The van der Waals surface area contributed by atoms with E-state index in [0.29, 0.717) is 17.7 Å². The normalized spacial score (nSPS) is 11.6. The molecule has 6 aromatic rings. The molecule has 0 unspecified atom stereocenters. The van der Waals surface area contributed by atoms with Gasteiger partial charge in [0.25, 0.3) is 0 Å². The lowest BCUT2D eigenvalue weighted by molar-refractivity contribution is 0.463. The first kappa shape index (κ1) is 17.3. The number of para-hydroxylation sites is 1. The number of rotatable bonds is 4. The second-order valence-electron chi connectivity index (χ2n) is 7.50. The molecule has 3 heterocycles. The van der Waals surface area contributed by atoms with E-state index in [4.69, 9.17) is 6.11 Å².